The predicted octanol–water partition coefficient (Wildman–Crippen LogP) is 5.37. The van der Waals surface area contributed by atoms with Gasteiger partial charge in [0.15, 0.2) is 0 Å². The molecular formula is C15H12BrFN2S. The van der Waals surface area contributed by atoms with Crippen molar-refractivity contribution in [2.45, 2.75) is 13.0 Å². The van der Waals surface area contributed by atoms with Gasteiger partial charge in [-0.2, -0.15) is 0 Å². The SMILES string of the molecule is CC(Nc1ccc(F)cc1Br)c1cnc2ccsc2c1. The molecule has 0 saturated carbocycles. The molecule has 0 saturated heterocycles. The molecule has 0 aliphatic heterocycles. The van der Waals surface area contributed by atoms with E-state index >= 15 is 0 Å². The number of benzene rings is 1. The highest BCUT2D eigenvalue weighted by Gasteiger charge is 2.10. The fourth-order valence-electron chi connectivity index (χ4n) is 2.02. The number of aromatic nitrogens is 1. The van der Waals surface area contributed by atoms with Crippen LogP contribution in [0.3, 0.4) is 0 Å². The zero-order chi connectivity index (χ0) is 14.1. The molecule has 2 aromatic heterocycles. The van der Waals surface area contributed by atoms with Crippen LogP contribution in [0.4, 0.5) is 10.1 Å². The lowest BCUT2D eigenvalue weighted by Gasteiger charge is -2.16. The summed E-state index contributed by atoms with van der Waals surface area (Å²) in [5.74, 6) is -0.253. The molecular weight excluding hydrogens is 339 g/mol. The fourth-order valence-corrected chi connectivity index (χ4v) is 3.28. The minimum atomic E-state index is -0.253. The molecule has 1 aromatic carbocycles. The second-order valence-corrected chi connectivity index (χ2v) is 6.36. The van der Waals surface area contributed by atoms with Gasteiger partial charge in [-0.05, 0) is 64.1 Å². The molecule has 3 aromatic rings. The van der Waals surface area contributed by atoms with Crippen LogP contribution in [0.5, 0.6) is 0 Å². The quantitative estimate of drug-likeness (QED) is 0.686. The third kappa shape index (κ3) is 2.69. The molecule has 0 bridgehead atoms. The molecule has 2 heterocycles. The van der Waals surface area contributed by atoms with Crippen LogP contribution in [-0.2, 0) is 0 Å². The van der Waals surface area contributed by atoms with Crippen LogP contribution in [0.2, 0.25) is 0 Å². The smallest absolute Gasteiger partial charge is 0.124 e. The molecule has 0 radical (unpaired) electrons. The molecule has 5 heteroatoms. The Bertz CT molecular complexity index is 756. The van der Waals surface area contributed by atoms with Crippen LogP contribution in [0, 0.1) is 5.82 Å². The summed E-state index contributed by atoms with van der Waals surface area (Å²) in [4.78, 5) is 4.44. The van der Waals surface area contributed by atoms with Crippen LogP contribution < -0.4 is 5.32 Å². The highest BCUT2D eigenvalue weighted by molar-refractivity contribution is 9.10. The lowest BCUT2D eigenvalue weighted by atomic mass is 10.1. The lowest BCUT2D eigenvalue weighted by Crippen LogP contribution is -2.07. The van der Waals surface area contributed by atoms with Crippen molar-refractivity contribution in [3.63, 3.8) is 0 Å². The highest BCUT2D eigenvalue weighted by atomic mass is 79.9. The van der Waals surface area contributed by atoms with Gasteiger partial charge >= 0.3 is 0 Å². The lowest BCUT2D eigenvalue weighted by molar-refractivity contribution is 0.627. The van der Waals surface area contributed by atoms with Gasteiger partial charge in [-0.1, -0.05) is 0 Å². The van der Waals surface area contributed by atoms with Crippen LogP contribution in [0.1, 0.15) is 18.5 Å². The monoisotopic (exact) mass is 350 g/mol. The molecule has 1 unspecified atom stereocenters. The van der Waals surface area contributed by atoms with Gasteiger partial charge in [-0.15, -0.1) is 11.3 Å². The van der Waals surface area contributed by atoms with Gasteiger partial charge in [-0.3, -0.25) is 4.98 Å². The topological polar surface area (TPSA) is 24.9 Å². The van der Waals surface area contributed by atoms with E-state index in [1.807, 2.05) is 17.6 Å². The third-order valence-corrected chi connectivity index (χ3v) is 4.64. The zero-order valence-electron chi connectivity index (χ0n) is 10.7. The van der Waals surface area contributed by atoms with Crippen molar-refractivity contribution in [3.05, 3.63) is 57.8 Å². The van der Waals surface area contributed by atoms with Gasteiger partial charge in [-0.25, -0.2) is 4.39 Å². The van der Waals surface area contributed by atoms with Crippen molar-refractivity contribution in [1.29, 1.82) is 0 Å². The molecule has 0 amide bonds. The van der Waals surface area contributed by atoms with Gasteiger partial charge in [0.2, 0.25) is 0 Å². The highest BCUT2D eigenvalue weighted by Crippen LogP contribution is 2.28. The van der Waals surface area contributed by atoms with Crippen molar-refractivity contribution in [2.24, 2.45) is 0 Å². The molecule has 0 aliphatic carbocycles. The Labute approximate surface area is 128 Å². The maximum atomic E-state index is 13.1. The Kier molecular flexibility index (Phi) is 3.72. The molecule has 20 heavy (non-hydrogen) atoms. The summed E-state index contributed by atoms with van der Waals surface area (Å²) in [5, 5.41) is 5.40. The van der Waals surface area contributed by atoms with Crippen LogP contribution in [0.25, 0.3) is 10.2 Å². The standard InChI is InChI=1S/C15H12BrFN2S/c1-9(19-13-3-2-11(17)7-12(13)16)10-6-15-14(18-8-10)4-5-20-15/h2-9,19H,1H3. The number of hydrogen-bond acceptors (Lipinski definition) is 3. The Morgan fingerprint density at radius 1 is 1.30 bits per heavy atom. The van der Waals surface area contributed by atoms with Crippen LogP contribution in [0.15, 0.2) is 46.4 Å². The van der Waals surface area contributed by atoms with Crippen LogP contribution in [-0.4, -0.2) is 4.98 Å². The summed E-state index contributed by atoms with van der Waals surface area (Å²) >= 11 is 5.05. The fraction of sp³-hybridized carbons (Fsp3) is 0.133. The second kappa shape index (κ2) is 5.50. The maximum absolute atomic E-state index is 13.1. The van der Waals surface area contributed by atoms with Crippen molar-refractivity contribution < 1.29 is 4.39 Å². The normalized spacial score (nSPS) is 12.6. The van der Waals surface area contributed by atoms with E-state index in [9.17, 15) is 4.39 Å². The average Bonchev–Trinajstić information content (AvgIpc) is 2.89. The van der Waals surface area contributed by atoms with E-state index in [4.69, 9.17) is 0 Å². The van der Waals surface area contributed by atoms with Crippen LogP contribution >= 0.6 is 27.3 Å². The molecule has 0 spiro atoms. The van der Waals surface area contributed by atoms with Crippen molar-refractivity contribution in [2.75, 3.05) is 5.32 Å². The number of fused-ring (bicyclic) bond motifs is 1. The maximum Gasteiger partial charge on any atom is 0.124 e. The number of thiophene rings is 1. The number of pyridine rings is 1. The number of nitrogens with one attached hydrogen (secondary N) is 1. The summed E-state index contributed by atoms with van der Waals surface area (Å²) in [7, 11) is 0. The largest absolute Gasteiger partial charge is 0.378 e. The van der Waals surface area contributed by atoms with E-state index in [0.717, 1.165) is 21.2 Å². The molecule has 2 nitrogen and oxygen atoms in total. The first kappa shape index (κ1) is 13.5. The predicted molar refractivity (Wildman–Crippen MR) is 85.8 cm³/mol. The van der Waals surface area contributed by atoms with Crippen molar-refractivity contribution in [3.8, 4) is 0 Å². The Morgan fingerprint density at radius 3 is 2.95 bits per heavy atom. The number of nitrogens with zero attached hydrogens (tertiary/aromatic N) is 1. The Hall–Kier alpha value is -1.46. The molecule has 0 fully saturated rings. The number of hydrogen-bond donors (Lipinski definition) is 1. The van der Waals surface area contributed by atoms with Crippen molar-refractivity contribution in [1.82, 2.24) is 4.98 Å². The molecule has 1 N–H and O–H groups in total. The third-order valence-electron chi connectivity index (χ3n) is 3.13. The van der Waals surface area contributed by atoms with Crippen molar-refractivity contribution >= 4 is 43.2 Å². The first-order valence-corrected chi connectivity index (χ1v) is 7.85. The minimum absolute atomic E-state index is 0.0933. The van der Waals surface area contributed by atoms with Gasteiger partial charge in [0, 0.05) is 16.4 Å². The summed E-state index contributed by atoms with van der Waals surface area (Å²) < 4.78 is 15.0. The summed E-state index contributed by atoms with van der Waals surface area (Å²) in [5.41, 5.74) is 3.00. The van der Waals surface area contributed by atoms with Gasteiger partial charge in [0.05, 0.1) is 16.3 Å². The first-order chi connectivity index (χ1) is 9.63. The van der Waals surface area contributed by atoms with E-state index in [2.05, 4.69) is 39.2 Å². The number of anilines is 1. The van der Waals surface area contributed by atoms with E-state index in [-0.39, 0.29) is 11.9 Å². The van der Waals surface area contributed by atoms with E-state index in [1.165, 1.54) is 16.8 Å². The first-order valence-electron chi connectivity index (χ1n) is 6.18. The Balaban J connectivity index is 1.86. The van der Waals surface area contributed by atoms with E-state index in [1.54, 1.807) is 17.4 Å². The van der Waals surface area contributed by atoms with E-state index in [0.29, 0.717) is 0 Å². The van der Waals surface area contributed by atoms with Gasteiger partial charge in [0.1, 0.15) is 5.82 Å². The number of halogens is 2. The summed E-state index contributed by atoms with van der Waals surface area (Å²) in [6, 6.07) is 8.87. The van der Waals surface area contributed by atoms with Gasteiger partial charge in [0.25, 0.3) is 0 Å². The van der Waals surface area contributed by atoms with Gasteiger partial charge < -0.3 is 5.32 Å². The molecule has 102 valence electrons. The average molecular weight is 351 g/mol. The minimum Gasteiger partial charge on any atom is -0.378 e. The summed E-state index contributed by atoms with van der Waals surface area (Å²) in [6.07, 6.45) is 1.88. The molecule has 1 atom stereocenters. The molecule has 0 aliphatic rings. The zero-order valence-corrected chi connectivity index (χ0v) is 13.1. The molecule has 3 rings (SSSR count). The number of rotatable bonds is 3. The summed E-state index contributed by atoms with van der Waals surface area (Å²) in [6.45, 7) is 2.06. The second-order valence-electron chi connectivity index (χ2n) is 4.56. The van der Waals surface area contributed by atoms with E-state index < -0.39 is 0 Å². The Morgan fingerprint density at radius 2 is 2.15 bits per heavy atom.